The predicted octanol–water partition coefficient (Wildman–Crippen LogP) is 5.56. The van der Waals surface area contributed by atoms with Gasteiger partial charge < -0.3 is 4.98 Å². The van der Waals surface area contributed by atoms with E-state index in [2.05, 4.69) is 53.2 Å². The number of hydrogen-bond donors (Lipinski definition) is 1. The van der Waals surface area contributed by atoms with Gasteiger partial charge in [0.15, 0.2) is 0 Å². The Morgan fingerprint density at radius 1 is 1.27 bits per heavy atom. The van der Waals surface area contributed by atoms with Crippen LogP contribution in [0.15, 0.2) is 36.4 Å². The summed E-state index contributed by atoms with van der Waals surface area (Å²) >= 11 is 0. The molecule has 138 valence electrons. The van der Waals surface area contributed by atoms with E-state index in [-0.39, 0.29) is 0 Å². The Balaban J connectivity index is 1.56. The predicted molar refractivity (Wildman–Crippen MR) is 105 cm³/mol. The Labute approximate surface area is 155 Å². The lowest BCUT2D eigenvalue weighted by Gasteiger charge is -2.74. The van der Waals surface area contributed by atoms with E-state index >= 15 is 0 Å². The lowest BCUT2D eigenvalue weighted by Crippen LogP contribution is -2.67. The Bertz CT molecular complexity index is 865. The zero-order valence-electron chi connectivity index (χ0n) is 16.1. The van der Waals surface area contributed by atoms with Gasteiger partial charge in [-0.3, -0.25) is 4.90 Å². The van der Waals surface area contributed by atoms with Crippen molar-refractivity contribution >= 4 is 10.9 Å². The standard InChI is InChI=1S/C23H29FN2/c1-4-10-22-12-23(13-22,14-22)20-19-17(9-11-26(20)15-21(2,3)24)16-7-5-6-8-18(16)25-19/h4-8,10,20,25H,9,11-15H2,1-3H3/b10-4+. The average molecular weight is 352 g/mol. The molecule has 0 amide bonds. The van der Waals surface area contributed by atoms with Crippen molar-refractivity contribution in [2.45, 2.75) is 58.2 Å². The highest BCUT2D eigenvalue weighted by atomic mass is 19.1. The summed E-state index contributed by atoms with van der Waals surface area (Å²) in [5.41, 5.74) is 3.69. The van der Waals surface area contributed by atoms with Gasteiger partial charge in [-0.05, 0) is 68.9 Å². The molecule has 1 unspecified atom stereocenters. The average Bonchev–Trinajstić information content (AvgIpc) is 2.87. The molecule has 6 rings (SSSR count). The highest BCUT2D eigenvalue weighted by molar-refractivity contribution is 5.85. The summed E-state index contributed by atoms with van der Waals surface area (Å²) in [6, 6.07) is 8.98. The first kappa shape index (κ1) is 16.6. The first-order chi connectivity index (χ1) is 12.3. The number of halogens is 1. The Hall–Kier alpha value is -1.61. The number of nitrogens with zero attached hydrogens (tertiary/aromatic N) is 1. The number of H-pyrrole nitrogens is 1. The summed E-state index contributed by atoms with van der Waals surface area (Å²) in [5, 5.41) is 1.36. The van der Waals surface area contributed by atoms with Crippen LogP contribution in [0.5, 0.6) is 0 Å². The molecular weight excluding hydrogens is 323 g/mol. The van der Waals surface area contributed by atoms with E-state index in [1.165, 1.54) is 41.4 Å². The van der Waals surface area contributed by atoms with E-state index < -0.39 is 5.67 Å². The maximum absolute atomic E-state index is 14.6. The van der Waals surface area contributed by atoms with Crippen molar-refractivity contribution in [3.8, 4) is 0 Å². The van der Waals surface area contributed by atoms with E-state index in [4.69, 9.17) is 0 Å². The molecular formula is C23H29FN2. The second-order valence-electron chi connectivity index (χ2n) is 9.66. The maximum Gasteiger partial charge on any atom is 0.118 e. The van der Waals surface area contributed by atoms with Crippen LogP contribution in [-0.4, -0.2) is 28.6 Å². The second kappa shape index (κ2) is 5.22. The van der Waals surface area contributed by atoms with Crippen molar-refractivity contribution in [2.24, 2.45) is 10.8 Å². The number of benzene rings is 1. The van der Waals surface area contributed by atoms with Crippen molar-refractivity contribution < 1.29 is 4.39 Å². The number of aromatic amines is 1. The number of fused-ring (bicyclic) bond motifs is 3. The number of para-hydroxylation sites is 1. The molecule has 2 aromatic rings. The van der Waals surface area contributed by atoms with Crippen molar-refractivity contribution in [3.63, 3.8) is 0 Å². The van der Waals surface area contributed by atoms with Crippen molar-refractivity contribution in [1.29, 1.82) is 0 Å². The second-order valence-corrected chi connectivity index (χ2v) is 9.66. The van der Waals surface area contributed by atoms with Crippen LogP contribution in [-0.2, 0) is 6.42 Å². The monoisotopic (exact) mass is 352 g/mol. The molecule has 0 spiro atoms. The third kappa shape index (κ3) is 2.26. The van der Waals surface area contributed by atoms with Crippen LogP contribution in [0.3, 0.4) is 0 Å². The molecule has 2 bridgehead atoms. The number of alkyl halides is 1. The number of rotatable bonds is 4. The van der Waals surface area contributed by atoms with Gasteiger partial charge in [0, 0.05) is 29.7 Å². The molecule has 0 saturated heterocycles. The molecule has 3 saturated carbocycles. The first-order valence-electron chi connectivity index (χ1n) is 10.0. The molecule has 0 radical (unpaired) electrons. The Morgan fingerprint density at radius 3 is 2.69 bits per heavy atom. The molecule has 3 heteroatoms. The van der Waals surface area contributed by atoms with Gasteiger partial charge in [-0.1, -0.05) is 30.4 Å². The molecule has 26 heavy (non-hydrogen) atoms. The fraction of sp³-hybridized carbons (Fsp3) is 0.565. The van der Waals surface area contributed by atoms with E-state index in [1.54, 1.807) is 13.8 Å². The third-order valence-corrected chi connectivity index (χ3v) is 6.93. The zero-order valence-corrected chi connectivity index (χ0v) is 16.1. The van der Waals surface area contributed by atoms with Crippen molar-refractivity contribution in [2.75, 3.05) is 13.1 Å². The Kier molecular flexibility index (Phi) is 3.32. The van der Waals surface area contributed by atoms with Gasteiger partial charge in [0.1, 0.15) is 5.67 Å². The molecule has 1 N–H and O–H groups in total. The molecule has 1 atom stereocenters. The third-order valence-electron chi connectivity index (χ3n) is 6.93. The molecule has 3 aliphatic carbocycles. The first-order valence-corrected chi connectivity index (χ1v) is 10.0. The number of allylic oxidation sites excluding steroid dienone is 2. The summed E-state index contributed by atoms with van der Waals surface area (Å²) < 4.78 is 14.6. The SMILES string of the molecule is C/C=C/C12CC(C3c4[nH]c5ccccc5c4CCN3CC(C)(C)F)(C1)C2. The molecule has 2 heterocycles. The van der Waals surface area contributed by atoms with Gasteiger partial charge in [-0.15, -0.1) is 0 Å². The molecule has 2 nitrogen and oxygen atoms in total. The van der Waals surface area contributed by atoms with Crippen LogP contribution in [0, 0.1) is 10.8 Å². The number of hydrogen-bond acceptors (Lipinski definition) is 1. The van der Waals surface area contributed by atoms with Gasteiger partial charge in [-0.2, -0.15) is 0 Å². The van der Waals surface area contributed by atoms with Gasteiger partial charge in [0.05, 0.1) is 6.04 Å². The van der Waals surface area contributed by atoms with Crippen LogP contribution in [0.25, 0.3) is 10.9 Å². The van der Waals surface area contributed by atoms with Gasteiger partial charge in [0.25, 0.3) is 0 Å². The lowest BCUT2D eigenvalue weighted by molar-refractivity contribution is -0.219. The minimum atomic E-state index is -1.16. The lowest BCUT2D eigenvalue weighted by atomic mass is 9.32. The summed E-state index contributed by atoms with van der Waals surface area (Å²) in [5.74, 6) is 0. The minimum Gasteiger partial charge on any atom is -0.357 e. The van der Waals surface area contributed by atoms with E-state index in [0.29, 0.717) is 23.4 Å². The molecule has 4 aliphatic rings. The molecule has 3 fully saturated rings. The number of aromatic nitrogens is 1. The summed E-state index contributed by atoms with van der Waals surface area (Å²) in [6.07, 6.45) is 9.41. The van der Waals surface area contributed by atoms with E-state index in [0.717, 1.165) is 13.0 Å². The van der Waals surface area contributed by atoms with Gasteiger partial charge >= 0.3 is 0 Å². The van der Waals surface area contributed by atoms with E-state index in [9.17, 15) is 4.39 Å². The Morgan fingerprint density at radius 2 is 2.00 bits per heavy atom. The number of nitrogens with one attached hydrogen (secondary N) is 1. The van der Waals surface area contributed by atoms with Crippen molar-refractivity contribution in [1.82, 2.24) is 9.88 Å². The zero-order chi connectivity index (χ0) is 18.2. The normalized spacial score (nSPS) is 33.9. The molecule has 1 aromatic carbocycles. The fourth-order valence-corrected chi connectivity index (χ4v) is 6.41. The van der Waals surface area contributed by atoms with Crippen LogP contribution >= 0.6 is 0 Å². The van der Waals surface area contributed by atoms with Crippen LogP contribution < -0.4 is 0 Å². The largest absolute Gasteiger partial charge is 0.357 e. The highest BCUT2D eigenvalue weighted by Gasteiger charge is 2.70. The van der Waals surface area contributed by atoms with Crippen LogP contribution in [0.1, 0.15) is 57.3 Å². The topological polar surface area (TPSA) is 19.0 Å². The van der Waals surface area contributed by atoms with Crippen molar-refractivity contribution in [3.05, 3.63) is 47.7 Å². The van der Waals surface area contributed by atoms with Crippen LogP contribution in [0.2, 0.25) is 0 Å². The smallest absolute Gasteiger partial charge is 0.118 e. The van der Waals surface area contributed by atoms with Crippen LogP contribution in [0.4, 0.5) is 4.39 Å². The quantitative estimate of drug-likeness (QED) is 0.714. The highest BCUT2D eigenvalue weighted by Crippen LogP contribution is 2.79. The van der Waals surface area contributed by atoms with E-state index in [1.807, 2.05) is 0 Å². The summed E-state index contributed by atoms with van der Waals surface area (Å²) in [7, 11) is 0. The van der Waals surface area contributed by atoms with Gasteiger partial charge in [0.2, 0.25) is 0 Å². The summed E-state index contributed by atoms with van der Waals surface area (Å²) in [6.45, 7) is 7.04. The molecule has 1 aliphatic heterocycles. The maximum atomic E-state index is 14.6. The minimum absolute atomic E-state index is 0.334. The van der Waals surface area contributed by atoms with Gasteiger partial charge in [-0.25, -0.2) is 4.39 Å². The summed E-state index contributed by atoms with van der Waals surface area (Å²) in [4.78, 5) is 6.18. The molecule has 1 aromatic heterocycles. The fourth-order valence-electron chi connectivity index (χ4n) is 6.41.